The molecule has 1 rings (SSSR count). The van der Waals surface area contributed by atoms with Gasteiger partial charge in [0.15, 0.2) is 0 Å². The van der Waals surface area contributed by atoms with Gasteiger partial charge >= 0.3 is 5.97 Å². The van der Waals surface area contributed by atoms with E-state index in [9.17, 15) is 4.79 Å². The van der Waals surface area contributed by atoms with Crippen LogP contribution >= 0.6 is 0 Å². The topological polar surface area (TPSA) is 29.5 Å². The van der Waals surface area contributed by atoms with E-state index in [-0.39, 0.29) is 5.97 Å². The summed E-state index contributed by atoms with van der Waals surface area (Å²) < 4.78 is 4.94. The van der Waals surface area contributed by atoms with Gasteiger partial charge < -0.3 is 9.64 Å². The molecule has 0 amide bonds. The minimum Gasteiger partial charge on any atom is -0.466 e. The van der Waals surface area contributed by atoms with E-state index in [4.69, 9.17) is 4.74 Å². The van der Waals surface area contributed by atoms with Crippen molar-refractivity contribution >= 4 is 11.7 Å². The van der Waals surface area contributed by atoms with Gasteiger partial charge in [-0.2, -0.15) is 0 Å². The summed E-state index contributed by atoms with van der Waals surface area (Å²) in [5.41, 5.74) is 3.79. The molecule has 0 saturated heterocycles. The molecule has 0 heterocycles. The van der Waals surface area contributed by atoms with Gasteiger partial charge in [0.05, 0.1) is 13.0 Å². The lowest BCUT2D eigenvalue weighted by Gasteiger charge is -2.22. The van der Waals surface area contributed by atoms with Gasteiger partial charge in [-0.1, -0.05) is 24.6 Å². The third-order valence-corrected chi connectivity index (χ3v) is 2.98. The molecule has 0 bridgehead atoms. The Labute approximate surface area is 110 Å². The summed E-state index contributed by atoms with van der Waals surface area (Å²) in [6.45, 7) is 7.22. The van der Waals surface area contributed by atoms with Crippen LogP contribution in [0.25, 0.3) is 0 Å². The van der Waals surface area contributed by atoms with Crippen LogP contribution in [0.5, 0.6) is 0 Å². The average Bonchev–Trinajstić information content (AvgIpc) is 2.36. The lowest BCUT2D eigenvalue weighted by molar-refractivity contribution is -0.142. The molecule has 0 radical (unpaired) electrons. The Balaban J connectivity index is 2.66. The summed E-state index contributed by atoms with van der Waals surface area (Å²) in [6, 6.07) is 6.44. The summed E-state index contributed by atoms with van der Waals surface area (Å²) in [6.07, 6.45) is 1.43. The van der Waals surface area contributed by atoms with E-state index in [1.54, 1.807) is 0 Å². The number of hydrogen-bond donors (Lipinski definition) is 0. The molecule has 1 aromatic carbocycles. The lowest BCUT2D eigenvalue weighted by Crippen LogP contribution is -2.23. The highest BCUT2D eigenvalue weighted by molar-refractivity contribution is 5.70. The van der Waals surface area contributed by atoms with Crippen molar-refractivity contribution in [1.29, 1.82) is 0 Å². The van der Waals surface area contributed by atoms with Crippen molar-refractivity contribution in [3.63, 3.8) is 0 Å². The maximum absolute atomic E-state index is 11.3. The summed E-state index contributed by atoms with van der Waals surface area (Å²) in [4.78, 5) is 13.5. The molecule has 0 fully saturated rings. The molecule has 0 unspecified atom stereocenters. The first kappa shape index (κ1) is 14.6. The van der Waals surface area contributed by atoms with Gasteiger partial charge in [-0.3, -0.25) is 4.79 Å². The van der Waals surface area contributed by atoms with Crippen molar-refractivity contribution in [3.05, 3.63) is 29.3 Å². The number of ether oxygens (including phenoxy) is 1. The van der Waals surface area contributed by atoms with Crippen LogP contribution in [0, 0.1) is 6.92 Å². The second-order valence-corrected chi connectivity index (χ2v) is 4.46. The third-order valence-electron chi connectivity index (χ3n) is 2.98. The molecule has 0 saturated carbocycles. The molecule has 0 aliphatic heterocycles. The first-order valence-corrected chi connectivity index (χ1v) is 6.54. The number of anilines is 1. The first-order chi connectivity index (χ1) is 8.58. The van der Waals surface area contributed by atoms with Crippen LogP contribution in [0.2, 0.25) is 0 Å². The summed E-state index contributed by atoms with van der Waals surface area (Å²) in [5, 5.41) is 0. The van der Waals surface area contributed by atoms with Crippen LogP contribution in [-0.2, 0) is 16.0 Å². The zero-order valence-electron chi connectivity index (χ0n) is 11.8. The number of aryl methyl sites for hydroxylation is 2. The molecule has 1 aromatic rings. The molecule has 3 nitrogen and oxygen atoms in total. The van der Waals surface area contributed by atoms with E-state index < -0.39 is 0 Å². The fraction of sp³-hybridized carbons (Fsp3) is 0.533. The second-order valence-electron chi connectivity index (χ2n) is 4.46. The Morgan fingerprint density at radius 1 is 1.33 bits per heavy atom. The van der Waals surface area contributed by atoms with Crippen molar-refractivity contribution in [2.24, 2.45) is 0 Å². The largest absolute Gasteiger partial charge is 0.466 e. The van der Waals surface area contributed by atoms with Crippen LogP contribution in [0.1, 0.15) is 31.4 Å². The molecule has 0 spiro atoms. The van der Waals surface area contributed by atoms with Crippen molar-refractivity contribution < 1.29 is 9.53 Å². The van der Waals surface area contributed by atoms with Crippen molar-refractivity contribution in [2.75, 3.05) is 25.1 Å². The second kappa shape index (κ2) is 7.04. The molecular weight excluding hydrogens is 226 g/mol. The van der Waals surface area contributed by atoms with Gasteiger partial charge in [0.2, 0.25) is 0 Å². The number of carbonyl (C=O) groups excluding carboxylic acids is 1. The molecule has 0 aliphatic carbocycles. The Bertz CT molecular complexity index is 401. The lowest BCUT2D eigenvalue weighted by atomic mass is 10.1. The highest BCUT2D eigenvalue weighted by Gasteiger charge is 2.09. The minimum atomic E-state index is -0.130. The highest BCUT2D eigenvalue weighted by atomic mass is 16.5. The molecule has 18 heavy (non-hydrogen) atoms. The molecule has 100 valence electrons. The highest BCUT2D eigenvalue weighted by Crippen LogP contribution is 2.21. The molecular formula is C15H23NO2. The zero-order valence-corrected chi connectivity index (χ0v) is 11.8. The number of benzene rings is 1. The molecule has 3 heteroatoms. The summed E-state index contributed by atoms with van der Waals surface area (Å²) in [5.74, 6) is -0.130. The normalized spacial score (nSPS) is 10.2. The SMILES string of the molecule is CCOC(=O)CCN(C)c1ccc(C)cc1CC. The van der Waals surface area contributed by atoms with E-state index in [0.717, 1.165) is 6.42 Å². The molecule has 0 N–H and O–H groups in total. The summed E-state index contributed by atoms with van der Waals surface area (Å²) in [7, 11) is 2.02. The van der Waals surface area contributed by atoms with E-state index in [1.165, 1.54) is 16.8 Å². The first-order valence-electron chi connectivity index (χ1n) is 6.54. The number of hydrogen-bond acceptors (Lipinski definition) is 3. The maximum atomic E-state index is 11.3. The van der Waals surface area contributed by atoms with Crippen LogP contribution in [-0.4, -0.2) is 26.2 Å². The van der Waals surface area contributed by atoms with Gasteiger partial charge in [0.25, 0.3) is 0 Å². The van der Waals surface area contributed by atoms with Crippen LogP contribution in [0.15, 0.2) is 18.2 Å². The molecule has 0 atom stereocenters. The van der Waals surface area contributed by atoms with Gasteiger partial charge in [-0.15, -0.1) is 0 Å². The maximum Gasteiger partial charge on any atom is 0.307 e. The van der Waals surface area contributed by atoms with Gasteiger partial charge in [0.1, 0.15) is 0 Å². The quantitative estimate of drug-likeness (QED) is 0.726. The van der Waals surface area contributed by atoms with Crippen molar-refractivity contribution in [2.45, 2.75) is 33.6 Å². The minimum absolute atomic E-state index is 0.130. The van der Waals surface area contributed by atoms with Crippen LogP contribution in [0.3, 0.4) is 0 Å². The molecule has 0 aliphatic rings. The Kier molecular flexibility index (Phi) is 5.69. The van der Waals surface area contributed by atoms with E-state index >= 15 is 0 Å². The average molecular weight is 249 g/mol. The fourth-order valence-electron chi connectivity index (χ4n) is 1.98. The van der Waals surface area contributed by atoms with E-state index in [0.29, 0.717) is 19.6 Å². The Morgan fingerprint density at radius 3 is 2.67 bits per heavy atom. The number of rotatable bonds is 6. The fourth-order valence-corrected chi connectivity index (χ4v) is 1.98. The Morgan fingerprint density at radius 2 is 2.06 bits per heavy atom. The van der Waals surface area contributed by atoms with E-state index in [2.05, 4.69) is 36.9 Å². The summed E-state index contributed by atoms with van der Waals surface area (Å²) >= 11 is 0. The predicted molar refractivity (Wildman–Crippen MR) is 75.1 cm³/mol. The number of carbonyl (C=O) groups is 1. The van der Waals surface area contributed by atoms with Gasteiger partial charge in [0, 0.05) is 19.3 Å². The molecule has 0 aromatic heterocycles. The zero-order chi connectivity index (χ0) is 13.5. The van der Waals surface area contributed by atoms with Crippen LogP contribution in [0.4, 0.5) is 5.69 Å². The predicted octanol–water partition coefficient (Wildman–Crippen LogP) is 2.95. The number of esters is 1. The Hall–Kier alpha value is -1.51. The number of nitrogens with zero attached hydrogens (tertiary/aromatic N) is 1. The van der Waals surface area contributed by atoms with E-state index in [1.807, 2.05) is 14.0 Å². The van der Waals surface area contributed by atoms with Crippen molar-refractivity contribution in [3.8, 4) is 0 Å². The van der Waals surface area contributed by atoms with Crippen LogP contribution < -0.4 is 4.90 Å². The van der Waals surface area contributed by atoms with Gasteiger partial charge in [-0.05, 0) is 31.9 Å². The van der Waals surface area contributed by atoms with Crippen molar-refractivity contribution in [1.82, 2.24) is 0 Å². The smallest absolute Gasteiger partial charge is 0.307 e. The standard InChI is InChI=1S/C15H23NO2/c1-5-13-11-12(3)7-8-14(13)16(4)10-9-15(17)18-6-2/h7-8,11H,5-6,9-10H2,1-4H3. The van der Waals surface area contributed by atoms with Gasteiger partial charge in [-0.25, -0.2) is 0 Å². The third kappa shape index (κ3) is 4.06. The monoisotopic (exact) mass is 249 g/mol.